The van der Waals surface area contributed by atoms with Crippen molar-refractivity contribution in [2.24, 2.45) is 0 Å². The summed E-state index contributed by atoms with van der Waals surface area (Å²) in [5.41, 5.74) is 1.50. The predicted octanol–water partition coefficient (Wildman–Crippen LogP) is 3.92. The summed E-state index contributed by atoms with van der Waals surface area (Å²) in [6.45, 7) is 0.196. The SMILES string of the molecule is CS(=O)(=O)N(CC(=O)NCCSCc1ccccc1Cl)c1ccc(Br)cc1. The van der Waals surface area contributed by atoms with E-state index in [9.17, 15) is 13.2 Å². The van der Waals surface area contributed by atoms with Gasteiger partial charge in [-0.05, 0) is 35.9 Å². The number of nitrogens with zero attached hydrogens (tertiary/aromatic N) is 1. The Hall–Kier alpha value is -1.22. The third-order valence-corrected chi connectivity index (χ3v) is 6.63. The fourth-order valence-corrected chi connectivity index (χ4v) is 4.52. The van der Waals surface area contributed by atoms with E-state index >= 15 is 0 Å². The van der Waals surface area contributed by atoms with E-state index in [-0.39, 0.29) is 12.5 Å². The van der Waals surface area contributed by atoms with Gasteiger partial charge in [0.05, 0.1) is 11.9 Å². The van der Waals surface area contributed by atoms with E-state index in [0.29, 0.717) is 18.0 Å². The molecular weight excluding hydrogens is 472 g/mol. The van der Waals surface area contributed by atoms with Crippen molar-refractivity contribution in [3.05, 3.63) is 63.6 Å². The first-order valence-electron chi connectivity index (χ1n) is 8.08. The summed E-state index contributed by atoms with van der Waals surface area (Å²) in [7, 11) is -3.56. The molecule has 0 saturated heterocycles. The highest BCUT2D eigenvalue weighted by Crippen LogP contribution is 2.21. The summed E-state index contributed by atoms with van der Waals surface area (Å²) in [4.78, 5) is 12.2. The van der Waals surface area contributed by atoms with Crippen LogP contribution in [0.25, 0.3) is 0 Å². The Kier molecular flexibility index (Phi) is 8.47. The normalized spacial score (nSPS) is 11.2. The molecule has 9 heteroatoms. The molecule has 0 unspecified atom stereocenters. The maximum Gasteiger partial charge on any atom is 0.240 e. The molecule has 1 N–H and O–H groups in total. The first-order chi connectivity index (χ1) is 12.8. The minimum absolute atomic E-state index is 0.254. The molecule has 0 spiro atoms. The quantitative estimate of drug-likeness (QED) is 0.540. The molecule has 27 heavy (non-hydrogen) atoms. The molecule has 0 radical (unpaired) electrons. The smallest absolute Gasteiger partial charge is 0.240 e. The van der Waals surface area contributed by atoms with Gasteiger partial charge in [0.25, 0.3) is 0 Å². The third kappa shape index (κ3) is 7.37. The second-order valence-corrected chi connectivity index (χ2v) is 10.1. The first-order valence-corrected chi connectivity index (χ1v) is 12.3. The maximum atomic E-state index is 12.2. The lowest BCUT2D eigenvalue weighted by Gasteiger charge is -2.22. The van der Waals surface area contributed by atoms with E-state index in [1.807, 2.05) is 24.3 Å². The van der Waals surface area contributed by atoms with Crippen molar-refractivity contribution in [3.8, 4) is 0 Å². The molecule has 1 amide bonds. The van der Waals surface area contributed by atoms with E-state index in [1.54, 1.807) is 36.0 Å². The topological polar surface area (TPSA) is 66.5 Å². The van der Waals surface area contributed by atoms with Crippen LogP contribution in [0.5, 0.6) is 0 Å². The fourth-order valence-electron chi connectivity index (χ4n) is 2.25. The summed E-state index contributed by atoms with van der Waals surface area (Å²) in [5, 5.41) is 3.49. The molecule has 0 aliphatic heterocycles. The van der Waals surface area contributed by atoms with E-state index in [2.05, 4.69) is 21.2 Å². The number of amides is 1. The lowest BCUT2D eigenvalue weighted by molar-refractivity contribution is -0.119. The van der Waals surface area contributed by atoms with Crippen molar-refractivity contribution in [2.45, 2.75) is 5.75 Å². The zero-order valence-electron chi connectivity index (χ0n) is 14.7. The molecule has 0 aliphatic carbocycles. The molecule has 2 rings (SSSR count). The molecule has 0 heterocycles. The van der Waals surface area contributed by atoms with Crippen molar-refractivity contribution in [2.75, 3.05) is 29.4 Å². The molecular formula is C18H20BrClN2O3S2. The zero-order chi connectivity index (χ0) is 19.9. The highest BCUT2D eigenvalue weighted by molar-refractivity contribution is 9.10. The van der Waals surface area contributed by atoms with Crippen LogP contribution in [-0.2, 0) is 20.6 Å². The number of thioether (sulfide) groups is 1. The monoisotopic (exact) mass is 490 g/mol. The van der Waals surface area contributed by atoms with Crippen LogP contribution >= 0.6 is 39.3 Å². The summed E-state index contributed by atoms with van der Waals surface area (Å²) in [5.74, 6) is 1.11. The summed E-state index contributed by atoms with van der Waals surface area (Å²) >= 11 is 11.1. The number of anilines is 1. The van der Waals surface area contributed by atoms with Crippen molar-refractivity contribution in [1.82, 2.24) is 5.32 Å². The highest BCUT2D eigenvalue weighted by atomic mass is 79.9. The van der Waals surface area contributed by atoms with Crippen molar-refractivity contribution < 1.29 is 13.2 Å². The van der Waals surface area contributed by atoms with Gasteiger partial charge in [0.2, 0.25) is 15.9 Å². The molecule has 2 aromatic carbocycles. The number of carbonyl (C=O) groups excluding carboxylic acids is 1. The van der Waals surface area contributed by atoms with Gasteiger partial charge in [-0.15, -0.1) is 0 Å². The van der Waals surface area contributed by atoms with Crippen LogP contribution in [0.4, 0.5) is 5.69 Å². The summed E-state index contributed by atoms with van der Waals surface area (Å²) in [6.07, 6.45) is 1.09. The van der Waals surface area contributed by atoms with Crippen LogP contribution in [0.2, 0.25) is 5.02 Å². The van der Waals surface area contributed by atoms with Gasteiger partial charge < -0.3 is 5.32 Å². The number of halogens is 2. The zero-order valence-corrected chi connectivity index (χ0v) is 18.7. The first kappa shape index (κ1) is 22.1. The predicted molar refractivity (Wildman–Crippen MR) is 117 cm³/mol. The Balaban J connectivity index is 1.82. The number of rotatable bonds is 9. The lowest BCUT2D eigenvalue weighted by atomic mass is 10.2. The fraction of sp³-hybridized carbons (Fsp3) is 0.278. The van der Waals surface area contributed by atoms with Gasteiger partial charge in [-0.3, -0.25) is 9.10 Å². The van der Waals surface area contributed by atoms with Gasteiger partial charge in [0.15, 0.2) is 0 Å². The van der Waals surface area contributed by atoms with Crippen LogP contribution in [0.15, 0.2) is 53.0 Å². The largest absolute Gasteiger partial charge is 0.354 e. The Morgan fingerprint density at radius 3 is 2.48 bits per heavy atom. The average molecular weight is 492 g/mol. The van der Waals surface area contributed by atoms with E-state index < -0.39 is 10.0 Å². The standard InChI is InChI=1S/C18H20BrClN2O3S2/c1-27(24,25)22(16-8-6-15(19)7-9-16)12-18(23)21-10-11-26-13-14-4-2-3-5-17(14)20/h2-9H,10-13H2,1H3,(H,21,23). The Labute approximate surface area is 177 Å². The van der Waals surface area contributed by atoms with Gasteiger partial charge >= 0.3 is 0 Å². The molecule has 146 valence electrons. The van der Waals surface area contributed by atoms with Gasteiger partial charge in [-0.2, -0.15) is 11.8 Å². The number of benzene rings is 2. The van der Waals surface area contributed by atoms with Gasteiger partial charge in [0.1, 0.15) is 6.54 Å². The summed E-state index contributed by atoms with van der Waals surface area (Å²) in [6, 6.07) is 14.4. The van der Waals surface area contributed by atoms with Crippen LogP contribution in [0, 0.1) is 0 Å². The van der Waals surface area contributed by atoms with Crippen molar-refractivity contribution in [3.63, 3.8) is 0 Å². The second kappa shape index (κ2) is 10.4. The Bertz CT molecular complexity index is 876. The number of nitrogens with one attached hydrogen (secondary N) is 1. The second-order valence-electron chi connectivity index (χ2n) is 5.74. The Morgan fingerprint density at radius 2 is 1.85 bits per heavy atom. The number of hydrogen-bond donors (Lipinski definition) is 1. The number of hydrogen-bond acceptors (Lipinski definition) is 4. The minimum Gasteiger partial charge on any atom is -0.354 e. The lowest BCUT2D eigenvalue weighted by Crippen LogP contribution is -2.41. The van der Waals surface area contributed by atoms with Gasteiger partial charge in [-0.25, -0.2) is 8.42 Å². The van der Waals surface area contributed by atoms with E-state index in [1.165, 1.54) is 0 Å². The van der Waals surface area contributed by atoms with Crippen molar-refractivity contribution >= 4 is 60.9 Å². The number of sulfonamides is 1. The molecule has 0 aromatic heterocycles. The highest BCUT2D eigenvalue weighted by Gasteiger charge is 2.20. The molecule has 0 bridgehead atoms. The van der Waals surface area contributed by atoms with Crippen LogP contribution in [0.3, 0.4) is 0 Å². The molecule has 5 nitrogen and oxygen atoms in total. The maximum absolute atomic E-state index is 12.2. The summed E-state index contributed by atoms with van der Waals surface area (Å²) < 4.78 is 26.0. The van der Waals surface area contributed by atoms with Gasteiger partial charge in [0, 0.05) is 27.5 Å². The van der Waals surface area contributed by atoms with E-state index in [4.69, 9.17) is 11.6 Å². The van der Waals surface area contributed by atoms with Crippen molar-refractivity contribution in [1.29, 1.82) is 0 Å². The molecule has 0 saturated carbocycles. The molecule has 0 aliphatic rings. The van der Waals surface area contributed by atoms with E-state index in [0.717, 1.165) is 31.4 Å². The average Bonchev–Trinajstić information content (AvgIpc) is 2.61. The molecule has 0 atom stereocenters. The number of carbonyl (C=O) groups is 1. The Morgan fingerprint density at radius 1 is 1.19 bits per heavy atom. The van der Waals surface area contributed by atoms with Gasteiger partial charge in [-0.1, -0.05) is 45.7 Å². The molecule has 2 aromatic rings. The third-order valence-electron chi connectivity index (χ3n) is 3.59. The van der Waals surface area contributed by atoms with Crippen LogP contribution < -0.4 is 9.62 Å². The van der Waals surface area contributed by atoms with Crippen LogP contribution in [-0.4, -0.2) is 39.4 Å². The molecule has 0 fully saturated rings. The van der Waals surface area contributed by atoms with Crippen LogP contribution in [0.1, 0.15) is 5.56 Å². The minimum atomic E-state index is -3.56.